The van der Waals surface area contributed by atoms with Crippen LogP contribution in [0.2, 0.25) is 0 Å². The van der Waals surface area contributed by atoms with Crippen molar-refractivity contribution in [1.82, 2.24) is 24.1 Å². The number of hydrazone groups is 1. The summed E-state index contributed by atoms with van der Waals surface area (Å²) in [6, 6.07) is 7.05. The summed E-state index contributed by atoms with van der Waals surface area (Å²) in [5, 5.41) is 6.69. The van der Waals surface area contributed by atoms with Gasteiger partial charge in [-0.05, 0) is 36.5 Å². The van der Waals surface area contributed by atoms with Crippen LogP contribution in [0, 0.1) is 0 Å². The van der Waals surface area contributed by atoms with Crippen molar-refractivity contribution in [3.63, 3.8) is 0 Å². The summed E-state index contributed by atoms with van der Waals surface area (Å²) in [7, 11) is 1.77. The van der Waals surface area contributed by atoms with Crippen LogP contribution in [-0.4, -0.2) is 42.5 Å². The van der Waals surface area contributed by atoms with Crippen LogP contribution in [0.3, 0.4) is 0 Å². The van der Waals surface area contributed by atoms with Crippen molar-refractivity contribution < 1.29 is 13.5 Å². The van der Waals surface area contributed by atoms with Crippen LogP contribution in [0.4, 0.5) is 8.78 Å². The van der Waals surface area contributed by atoms with Gasteiger partial charge >= 0.3 is 6.61 Å². The van der Waals surface area contributed by atoms with Gasteiger partial charge < -0.3 is 9.30 Å². The summed E-state index contributed by atoms with van der Waals surface area (Å²) in [4.78, 5) is 21.1. The van der Waals surface area contributed by atoms with E-state index in [4.69, 9.17) is 5.10 Å². The van der Waals surface area contributed by atoms with Crippen LogP contribution < -0.4 is 10.3 Å². The Balaban J connectivity index is 1.24. The molecule has 3 aromatic rings. The number of aryl methyl sites for hydroxylation is 1. The molecule has 0 unspecified atom stereocenters. The van der Waals surface area contributed by atoms with Gasteiger partial charge in [-0.15, -0.1) is 0 Å². The average Bonchev–Trinajstić information content (AvgIpc) is 3.27. The lowest BCUT2D eigenvalue weighted by Crippen LogP contribution is -2.38. The molecule has 0 radical (unpaired) electrons. The largest absolute Gasteiger partial charge is 0.435 e. The highest BCUT2D eigenvalue weighted by molar-refractivity contribution is 5.88. The van der Waals surface area contributed by atoms with E-state index in [9.17, 15) is 13.6 Å². The van der Waals surface area contributed by atoms with Crippen molar-refractivity contribution in [2.75, 3.05) is 0 Å². The van der Waals surface area contributed by atoms with E-state index in [0.29, 0.717) is 30.0 Å². The normalized spacial score (nSPS) is 20.7. The molecule has 2 aromatic heterocycles. The van der Waals surface area contributed by atoms with Gasteiger partial charge in [0, 0.05) is 19.2 Å². The zero-order valence-electron chi connectivity index (χ0n) is 17.5. The number of rotatable bonds is 6. The summed E-state index contributed by atoms with van der Waals surface area (Å²) in [5.74, 6) is 0.502. The van der Waals surface area contributed by atoms with Crippen molar-refractivity contribution in [2.24, 2.45) is 12.1 Å². The fourth-order valence-electron chi connectivity index (χ4n) is 4.36. The molecule has 1 fully saturated rings. The first-order chi connectivity index (χ1) is 15.4. The second-order valence-corrected chi connectivity index (χ2v) is 8.23. The second kappa shape index (κ2) is 7.85. The topological polar surface area (TPSA) is 77.5 Å². The molecule has 2 aliphatic rings. The summed E-state index contributed by atoms with van der Waals surface area (Å²) < 4.78 is 32.2. The molecule has 1 aromatic carbocycles. The second-order valence-electron chi connectivity index (χ2n) is 8.23. The molecule has 32 heavy (non-hydrogen) atoms. The van der Waals surface area contributed by atoms with Crippen molar-refractivity contribution in [3.8, 4) is 5.75 Å². The molecule has 1 aliphatic heterocycles. The zero-order valence-corrected chi connectivity index (χ0v) is 17.5. The van der Waals surface area contributed by atoms with Gasteiger partial charge in [-0.2, -0.15) is 13.9 Å². The minimum Gasteiger partial charge on any atom is -0.435 e. The molecule has 10 heteroatoms. The van der Waals surface area contributed by atoms with Gasteiger partial charge in [-0.3, -0.25) is 14.4 Å². The molecular formula is C22H22F2N6O2. The number of allylic oxidation sites excluding steroid dienone is 1. The molecular weight excluding hydrogens is 418 g/mol. The Morgan fingerprint density at radius 3 is 2.62 bits per heavy atom. The van der Waals surface area contributed by atoms with Gasteiger partial charge in [0.05, 0.1) is 24.6 Å². The van der Waals surface area contributed by atoms with Crippen LogP contribution in [0.5, 0.6) is 5.75 Å². The SMILES string of the molecule is C=C1CC(Cn2cnc3ncn(C)c3c2=O)=NN1[C@H]1C[C@H](c2ccc(OC(F)F)cc2)C1. The van der Waals surface area contributed by atoms with E-state index in [1.807, 2.05) is 17.1 Å². The van der Waals surface area contributed by atoms with Crippen molar-refractivity contribution in [3.05, 3.63) is 65.1 Å². The molecule has 0 amide bonds. The first-order valence-corrected chi connectivity index (χ1v) is 10.3. The molecule has 5 rings (SSSR count). The van der Waals surface area contributed by atoms with Gasteiger partial charge in [0.1, 0.15) is 12.1 Å². The van der Waals surface area contributed by atoms with E-state index >= 15 is 0 Å². The third kappa shape index (κ3) is 3.65. The van der Waals surface area contributed by atoms with E-state index in [-0.39, 0.29) is 17.4 Å². The third-order valence-electron chi connectivity index (χ3n) is 6.07. The number of hydrogen-bond acceptors (Lipinski definition) is 6. The van der Waals surface area contributed by atoms with Crippen molar-refractivity contribution in [1.29, 1.82) is 0 Å². The molecule has 0 saturated heterocycles. The Kier molecular flexibility index (Phi) is 4.99. The minimum atomic E-state index is -2.82. The molecule has 1 aliphatic carbocycles. The first kappa shape index (κ1) is 20.3. The number of alkyl halides is 2. The lowest BCUT2D eigenvalue weighted by molar-refractivity contribution is -0.0498. The van der Waals surface area contributed by atoms with Gasteiger partial charge in [0.2, 0.25) is 0 Å². The molecule has 0 bridgehead atoms. The predicted octanol–water partition coefficient (Wildman–Crippen LogP) is 3.25. The summed E-state index contributed by atoms with van der Waals surface area (Å²) >= 11 is 0. The van der Waals surface area contributed by atoms with E-state index in [2.05, 4.69) is 21.3 Å². The van der Waals surface area contributed by atoms with Crippen molar-refractivity contribution >= 4 is 16.9 Å². The summed E-state index contributed by atoms with van der Waals surface area (Å²) in [6.07, 6.45) is 5.48. The molecule has 0 N–H and O–H groups in total. The number of ether oxygens (including phenoxy) is 1. The summed E-state index contributed by atoms with van der Waals surface area (Å²) in [6.45, 7) is 1.68. The highest BCUT2D eigenvalue weighted by Crippen LogP contribution is 2.43. The summed E-state index contributed by atoms with van der Waals surface area (Å²) in [5.41, 5.74) is 3.61. The number of nitrogens with zero attached hydrogens (tertiary/aromatic N) is 6. The maximum absolute atomic E-state index is 12.8. The van der Waals surface area contributed by atoms with Crippen LogP contribution in [0.25, 0.3) is 11.2 Å². The van der Waals surface area contributed by atoms with Gasteiger partial charge in [0.25, 0.3) is 5.56 Å². The lowest BCUT2D eigenvalue weighted by atomic mass is 9.75. The van der Waals surface area contributed by atoms with E-state index in [1.54, 1.807) is 34.6 Å². The maximum Gasteiger partial charge on any atom is 0.387 e. The first-order valence-electron chi connectivity index (χ1n) is 10.3. The third-order valence-corrected chi connectivity index (χ3v) is 6.07. The number of benzene rings is 1. The molecule has 166 valence electrons. The zero-order chi connectivity index (χ0) is 22.4. The quantitative estimate of drug-likeness (QED) is 0.588. The number of hydrogen-bond donors (Lipinski definition) is 0. The molecule has 8 nitrogen and oxygen atoms in total. The minimum absolute atomic E-state index is 0.148. The fourth-order valence-corrected chi connectivity index (χ4v) is 4.36. The molecule has 1 saturated carbocycles. The van der Waals surface area contributed by atoms with Crippen LogP contribution >= 0.6 is 0 Å². The smallest absolute Gasteiger partial charge is 0.387 e. The fraction of sp³-hybridized carbons (Fsp3) is 0.364. The number of imidazole rings is 1. The van der Waals surface area contributed by atoms with Crippen LogP contribution in [-0.2, 0) is 13.6 Å². The maximum atomic E-state index is 12.8. The van der Waals surface area contributed by atoms with Crippen LogP contribution in [0.1, 0.15) is 30.7 Å². The number of fused-ring (bicyclic) bond motifs is 1. The highest BCUT2D eigenvalue weighted by atomic mass is 19.3. The number of aromatic nitrogens is 4. The monoisotopic (exact) mass is 440 g/mol. The Hall–Kier alpha value is -3.56. The standard InChI is InChI=1S/C22H22F2N6O2/c1-13-7-16(10-29-12-26-20-19(21(29)31)28(2)11-25-20)27-30(13)17-8-15(9-17)14-3-5-18(6-4-14)32-22(23)24/h3-6,11-12,15,17,22H,1,7-10H2,2H3/t15-,17-. The Morgan fingerprint density at radius 2 is 1.91 bits per heavy atom. The Morgan fingerprint density at radius 1 is 1.19 bits per heavy atom. The van der Waals surface area contributed by atoms with Gasteiger partial charge in [-0.25, -0.2) is 9.97 Å². The Labute approximate surface area is 182 Å². The van der Waals surface area contributed by atoms with Gasteiger partial charge in [-0.1, -0.05) is 18.7 Å². The molecule has 3 heterocycles. The molecule has 0 atom stereocenters. The van der Waals surface area contributed by atoms with E-state index in [0.717, 1.165) is 29.8 Å². The van der Waals surface area contributed by atoms with E-state index in [1.165, 1.54) is 6.33 Å². The predicted molar refractivity (Wildman–Crippen MR) is 115 cm³/mol. The average molecular weight is 440 g/mol. The van der Waals surface area contributed by atoms with E-state index < -0.39 is 6.61 Å². The van der Waals surface area contributed by atoms with Gasteiger partial charge in [0.15, 0.2) is 11.2 Å². The Bertz CT molecular complexity index is 1260. The lowest BCUT2D eigenvalue weighted by Gasteiger charge is -2.40. The number of halogens is 2. The van der Waals surface area contributed by atoms with Crippen LogP contribution in [0.15, 0.2) is 59.1 Å². The molecule has 0 spiro atoms. The highest BCUT2D eigenvalue weighted by Gasteiger charge is 2.37. The van der Waals surface area contributed by atoms with Crippen molar-refractivity contribution in [2.45, 2.75) is 44.4 Å².